The molecule has 24 heavy (non-hydrogen) atoms. The number of rotatable bonds is 3. The maximum Gasteiger partial charge on any atom is 0.161 e. The first-order valence-electron chi connectivity index (χ1n) is 15.6. The fourth-order valence-electron chi connectivity index (χ4n) is 3.35. The van der Waals surface area contributed by atoms with Crippen LogP contribution >= 0.6 is 0 Å². The van der Waals surface area contributed by atoms with Crippen LogP contribution in [0.15, 0.2) is 12.1 Å². The van der Waals surface area contributed by atoms with E-state index < -0.39 is 69.9 Å². The summed E-state index contributed by atoms with van der Waals surface area (Å²) < 4.78 is 137. The van der Waals surface area contributed by atoms with Crippen LogP contribution in [0.3, 0.4) is 0 Å². The zero-order valence-corrected chi connectivity index (χ0v) is 13.2. The summed E-state index contributed by atoms with van der Waals surface area (Å²) in [4.78, 5) is 1.17. The maximum absolute atomic E-state index is 11.2. The van der Waals surface area contributed by atoms with Crippen molar-refractivity contribution in [2.45, 2.75) is 52.0 Å². The molecule has 2 heterocycles. The lowest BCUT2D eigenvalue weighted by molar-refractivity contribution is -0.0259. The highest BCUT2D eigenvalue weighted by molar-refractivity contribution is 5.49. The van der Waals surface area contributed by atoms with Crippen molar-refractivity contribution in [3.63, 3.8) is 0 Å². The number of nitrogens with zero attached hydrogens (tertiary/aromatic N) is 1. The lowest BCUT2D eigenvalue weighted by Gasteiger charge is -2.47. The molecule has 4 nitrogen and oxygen atoms in total. The fourth-order valence-corrected chi connectivity index (χ4v) is 3.35. The van der Waals surface area contributed by atoms with Crippen molar-refractivity contribution in [1.82, 2.24) is 4.90 Å². The number of piperidine rings is 1. The summed E-state index contributed by atoms with van der Waals surface area (Å²) in [6, 6.07) is 1.42. The van der Waals surface area contributed by atoms with Gasteiger partial charge in [-0.1, -0.05) is 20.6 Å². The van der Waals surface area contributed by atoms with Crippen LogP contribution in [0.25, 0.3) is 0 Å². The van der Waals surface area contributed by atoms with E-state index in [4.69, 9.17) is 31.4 Å². The molecule has 1 fully saturated rings. The van der Waals surface area contributed by atoms with Crippen molar-refractivity contribution >= 4 is 0 Å². The number of aliphatic hydroxyl groups excluding tert-OH is 1. The van der Waals surface area contributed by atoms with Gasteiger partial charge in [-0.2, -0.15) is 0 Å². The second kappa shape index (κ2) is 6.57. The van der Waals surface area contributed by atoms with Gasteiger partial charge in [-0.15, -0.1) is 0 Å². The predicted octanol–water partition coefficient (Wildman–Crippen LogP) is 3.42. The molecule has 3 rings (SSSR count). The lowest BCUT2D eigenvalue weighted by atomic mass is 9.75. The van der Waals surface area contributed by atoms with Gasteiger partial charge in [-0.05, 0) is 53.8 Å². The Labute approximate surface area is 168 Å². The molecule has 1 aromatic carbocycles. The van der Waals surface area contributed by atoms with Crippen LogP contribution in [0.2, 0.25) is 0 Å². The third-order valence-electron chi connectivity index (χ3n) is 4.38. The van der Waals surface area contributed by atoms with Gasteiger partial charge in [-0.3, -0.25) is 4.90 Å². The van der Waals surface area contributed by atoms with Crippen molar-refractivity contribution in [3.8, 4) is 11.5 Å². The summed E-state index contributed by atoms with van der Waals surface area (Å²) in [5.41, 5.74) is -2.35. The Morgan fingerprint density at radius 3 is 2.83 bits per heavy atom. The molecular formula is C20H31NO3. The molecule has 0 amide bonds. The van der Waals surface area contributed by atoms with Gasteiger partial charge in [0.2, 0.25) is 0 Å². The minimum absolute atomic E-state index is 0.0539. The molecule has 0 aromatic heterocycles. The van der Waals surface area contributed by atoms with E-state index in [2.05, 4.69) is 0 Å². The SMILES string of the molecule is [2H]C([2H])([2H])Oc1cc2c(cc1OC([2H])([2H])[2H])C1CC(O)C(C([2H])([2H])C(C)(C([2H])([2H])[2H])C([2H])([2H])[2H])C([2H])([2H])N1CC2. The van der Waals surface area contributed by atoms with Gasteiger partial charge in [0.25, 0.3) is 0 Å². The molecule has 0 radical (unpaired) electrons. The van der Waals surface area contributed by atoms with Crippen LogP contribution in [0.4, 0.5) is 0 Å². The normalized spacial score (nSPS) is 42.0. The van der Waals surface area contributed by atoms with Gasteiger partial charge in [0.05, 0.1) is 28.4 Å². The minimum Gasteiger partial charge on any atom is -0.493 e. The zero-order chi connectivity index (χ0) is 31.1. The highest BCUT2D eigenvalue weighted by Gasteiger charge is 2.39. The Bertz CT molecular complexity index is 1090. The van der Waals surface area contributed by atoms with Gasteiger partial charge < -0.3 is 14.6 Å². The van der Waals surface area contributed by atoms with E-state index in [0.29, 0.717) is 12.5 Å². The molecule has 0 bridgehead atoms. The summed E-state index contributed by atoms with van der Waals surface area (Å²) in [6.45, 7) is -8.97. The van der Waals surface area contributed by atoms with Crippen LogP contribution in [0.1, 0.15) is 72.5 Å². The first-order valence-corrected chi connectivity index (χ1v) is 7.65. The van der Waals surface area contributed by atoms with E-state index in [0.717, 1.165) is 0 Å². The quantitative estimate of drug-likeness (QED) is 0.908. The maximum atomic E-state index is 11.2. The molecular weight excluding hydrogens is 302 g/mol. The molecule has 134 valence electrons. The molecule has 1 N–H and O–H groups in total. The van der Waals surface area contributed by atoms with E-state index in [1.165, 1.54) is 17.0 Å². The van der Waals surface area contributed by atoms with Crippen molar-refractivity contribution < 1.29 is 36.5 Å². The highest BCUT2D eigenvalue weighted by Crippen LogP contribution is 2.44. The van der Waals surface area contributed by atoms with Crippen molar-refractivity contribution in [2.75, 3.05) is 27.1 Å². The molecule has 2 aliphatic rings. The van der Waals surface area contributed by atoms with Crippen LogP contribution in [0, 0.1) is 11.3 Å². The molecule has 1 aromatic rings. The number of ether oxygens (including phenoxy) is 2. The first kappa shape index (κ1) is 6.48. The van der Waals surface area contributed by atoms with Crippen LogP contribution in [-0.2, 0) is 6.42 Å². The number of benzene rings is 1. The lowest BCUT2D eigenvalue weighted by Crippen LogP contribution is -2.48. The van der Waals surface area contributed by atoms with Gasteiger partial charge in [0, 0.05) is 32.8 Å². The Morgan fingerprint density at radius 1 is 1.38 bits per heavy atom. The average molecular weight is 350 g/mol. The molecule has 3 unspecified atom stereocenters. The summed E-state index contributed by atoms with van der Waals surface area (Å²) in [6.07, 6.45) is -5.46. The standard InChI is InChI=1S/C20H31NO3/c1-20(2,3)11-14-12-21-7-6-13-8-18(23-4)19(24-5)9-15(13)16(21)10-17(14)22/h8-9,14,16-17,22H,6-7,10-12H2,1-5H3/i1D3,2D3,4D3,5D3,11D2,12D2. The van der Waals surface area contributed by atoms with Gasteiger partial charge in [-0.25, -0.2) is 0 Å². The number of fused-ring (bicyclic) bond motifs is 3. The van der Waals surface area contributed by atoms with Crippen LogP contribution in [0.5, 0.6) is 11.5 Å². The van der Waals surface area contributed by atoms with Crippen molar-refractivity contribution in [2.24, 2.45) is 11.3 Å². The third-order valence-corrected chi connectivity index (χ3v) is 4.38. The molecule has 0 spiro atoms. The average Bonchev–Trinajstić information content (AvgIpc) is 2.69. The zero-order valence-electron chi connectivity index (χ0n) is 29.2. The summed E-state index contributed by atoms with van der Waals surface area (Å²) in [5, 5.41) is 11.2. The Balaban J connectivity index is 2.14. The Kier molecular flexibility index (Phi) is 1.77. The monoisotopic (exact) mass is 349 g/mol. The highest BCUT2D eigenvalue weighted by atomic mass is 16.5. The minimum atomic E-state index is -3.40. The molecule has 3 atom stereocenters. The van der Waals surface area contributed by atoms with E-state index in [9.17, 15) is 5.11 Å². The fraction of sp³-hybridized carbons (Fsp3) is 0.700. The third kappa shape index (κ3) is 3.40. The van der Waals surface area contributed by atoms with E-state index in [-0.39, 0.29) is 30.7 Å². The Hall–Kier alpha value is -1.26. The van der Waals surface area contributed by atoms with Crippen LogP contribution in [-0.4, -0.2) is 43.2 Å². The number of methoxy groups -OCH3 is 2. The molecule has 0 saturated carbocycles. The molecule has 0 aliphatic carbocycles. The number of hydrogen-bond donors (Lipinski definition) is 1. The summed E-state index contributed by atoms with van der Waals surface area (Å²) in [5.74, 6) is -2.97. The smallest absolute Gasteiger partial charge is 0.161 e. The van der Waals surface area contributed by atoms with Crippen molar-refractivity contribution in [1.29, 1.82) is 0 Å². The van der Waals surface area contributed by atoms with E-state index >= 15 is 0 Å². The van der Waals surface area contributed by atoms with Gasteiger partial charge in [0.1, 0.15) is 0 Å². The van der Waals surface area contributed by atoms with Gasteiger partial charge >= 0.3 is 0 Å². The summed E-state index contributed by atoms with van der Waals surface area (Å²) >= 11 is 0. The van der Waals surface area contributed by atoms with Crippen LogP contribution < -0.4 is 9.47 Å². The predicted molar refractivity (Wildman–Crippen MR) is 95.7 cm³/mol. The Morgan fingerprint density at radius 2 is 2.12 bits per heavy atom. The molecule has 2 aliphatic heterocycles. The second-order valence-electron chi connectivity index (χ2n) is 6.34. The van der Waals surface area contributed by atoms with E-state index in [1.54, 1.807) is 0 Å². The largest absolute Gasteiger partial charge is 0.493 e. The van der Waals surface area contributed by atoms with E-state index in [1.807, 2.05) is 0 Å². The van der Waals surface area contributed by atoms with Gasteiger partial charge in [0.15, 0.2) is 11.5 Å². The number of aliphatic hydroxyl groups is 1. The molecule has 4 heteroatoms. The first-order chi connectivity index (χ1) is 17.6. The summed E-state index contributed by atoms with van der Waals surface area (Å²) in [7, 11) is -5.95. The number of hydrogen-bond acceptors (Lipinski definition) is 4. The molecule has 1 saturated heterocycles. The van der Waals surface area contributed by atoms with Crippen molar-refractivity contribution in [3.05, 3.63) is 23.3 Å². The second-order valence-corrected chi connectivity index (χ2v) is 6.34. The topological polar surface area (TPSA) is 41.9 Å².